The van der Waals surface area contributed by atoms with Crippen molar-refractivity contribution in [3.8, 4) is 5.75 Å². The first-order chi connectivity index (χ1) is 16.6. The summed E-state index contributed by atoms with van der Waals surface area (Å²) >= 11 is 0. The Bertz CT molecular complexity index is 953. The largest absolute Gasteiger partial charge is 0.493 e. The quantitative estimate of drug-likeness (QED) is 0.467. The van der Waals surface area contributed by atoms with Gasteiger partial charge in [-0.1, -0.05) is 31.2 Å². The molecule has 1 fully saturated rings. The molecule has 1 unspecified atom stereocenters. The number of amides is 1. The monoisotopic (exact) mass is 466 g/mol. The number of piperidine rings is 1. The molecule has 0 radical (unpaired) electrons. The lowest BCUT2D eigenvalue weighted by Crippen LogP contribution is -2.33. The summed E-state index contributed by atoms with van der Waals surface area (Å²) in [6.45, 7) is 9.33. The van der Waals surface area contributed by atoms with Gasteiger partial charge in [-0.05, 0) is 68.9 Å². The van der Waals surface area contributed by atoms with Crippen LogP contribution in [0, 0.1) is 0 Å². The smallest absolute Gasteiger partial charge is 0.341 e. The molecule has 0 aromatic heterocycles. The summed E-state index contributed by atoms with van der Waals surface area (Å²) in [4.78, 5) is 27.5. The molecular weight excluding hydrogens is 428 g/mol. The summed E-state index contributed by atoms with van der Waals surface area (Å²) in [5.74, 6) is 0.251. The van der Waals surface area contributed by atoms with Crippen LogP contribution >= 0.6 is 0 Å². The number of rotatable bonds is 11. The number of anilines is 1. The van der Waals surface area contributed by atoms with Crippen LogP contribution in [0.5, 0.6) is 5.75 Å². The second kappa shape index (κ2) is 13.0. The fourth-order valence-electron chi connectivity index (χ4n) is 4.54. The maximum atomic E-state index is 12.8. The Morgan fingerprint density at radius 3 is 2.47 bits per heavy atom. The zero-order valence-corrected chi connectivity index (χ0v) is 20.8. The van der Waals surface area contributed by atoms with E-state index >= 15 is 0 Å². The van der Waals surface area contributed by atoms with Crippen LogP contribution in [0.4, 0.5) is 5.69 Å². The van der Waals surface area contributed by atoms with E-state index in [9.17, 15) is 9.59 Å². The molecule has 184 valence electrons. The molecule has 2 aromatic rings. The highest BCUT2D eigenvalue weighted by atomic mass is 16.5. The predicted molar refractivity (Wildman–Crippen MR) is 136 cm³/mol. The fourth-order valence-corrected chi connectivity index (χ4v) is 4.54. The van der Waals surface area contributed by atoms with Crippen LogP contribution < -0.4 is 15.0 Å². The standard InChI is InChI=1S/C28H38N2O4/c1-4-22(23-12-8-9-13-25(23)30-16-10-7-11-17-30)20-29-27(31)19-21-14-15-24(28(32)34-6-3)26(18-21)33-5-2/h8-9,12-15,18,22H,4-7,10-11,16-17,19-20H2,1-3H3,(H,29,31). The highest BCUT2D eigenvalue weighted by Crippen LogP contribution is 2.31. The van der Waals surface area contributed by atoms with Crippen molar-refractivity contribution in [2.24, 2.45) is 0 Å². The van der Waals surface area contributed by atoms with Crippen molar-refractivity contribution < 1.29 is 19.1 Å². The summed E-state index contributed by atoms with van der Waals surface area (Å²) in [5, 5.41) is 3.13. The molecule has 6 nitrogen and oxygen atoms in total. The van der Waals surface area contributed by atoms with E-state index in [1.54, 1.807) is 25.1 Å². The Hall–Kier alpha value is -3.02. The van der Waals surface area contributed by atoms with Crippen molar-refractivity contribution in [2.45, 2.75) is 58.8 Å². The lowest BCUT2D eigenvalue weighted by Gasteiger charge is -2.32. The van der Waals surface area contributed by atoms with Gasteiger partial charge in [-0.2, -0.15) is 0 Å². The Labute approximate surface area is 203 Å². The Morgan fingerprint density at radius 2 is 1.76 bits per heavy atom. The zero-order valence-electron chi connectivity index (χ0n) is 20.8. The Morgan fingerprint density at radius 1 is 1.00 bits per heavy atom. The van der Waals surface area contributed by atoms with Gasteiger partial charge >= 0.3 is 5.97 Å². The van der Waals surface area contributed by atoms with E-state index in [2.05, 4.69) is 41.4 Å². The van der Waals surface area contributed by atoms with Gasteiger partial charge < -0.3 is 19.7 Å². The summed E-state index contributed by atoms with van der Waals surface area (Å²) in [6.07, 6.45) is 4.96. The summed E-state index contributed by atoms with van der Waals surface area (Å²) in [5.41, 5.74) is 3.80. The lowest BCUT2D eigenvalue weighted by atomic mass is 9.93. The van der Waals surface area contributed by atoms with Gasteiger partial charge in [0.25, 0.3) is 0 Å². The molecule has 1 atom stereocenters. The average Bonchev–Trinajstić information content (AvgIpc) is 2.86. The van der Waals surface area contributed by atoms with E-state index in [0.29, 0.717) is 31.1 Å². The van der Waals surface area contributed by atoms with Crippen LogP contribution in [0.2, 0.25) is 0 Å². The molecular formula is C28H38N2O4. The van der Waals surface area contributed by atoms with E-state index in [1.165, 1.54) is 30.5 Å². The molecule has 1 heterocycles. The van der Waals surface area contributed by atoms with Crippen molar-refractivity contribution in [3.05, 3.63) is 59.2 Å². The molecule has 34 heavy (non-hydrogen) atoms. The Kier molecular flexibility index (Phi) is 9.80. The number of para-hydroxylation sites is 1. The van der Waals surface area contributed by atoms with Crippen LogP contribution in [0.15, 0.2) is 42.5 Å². The van der Waals surface area contributed by atoms with Crippen LogP contribution in [-0.4, -0.2) is 44.7 Å². The molecule has 3 rings (SSSR count). The molecule has 2 aromatic carbocycles. The molecule has 1 aliphatic heterocycles. The molecule has 0 saturated carbocycles. The molecule has 0 spiro atoms. The van der Waals surface area contributed by atoms with Gasteiger partial charge in [0.05, 0.1) is 19.6 Å². The number of ether oxygens (including phenoxy) is 2. The zero-order chi connectivity index (χ0) is 24.3. The fraction of sp³-hybridized carbons (Fsp3) is 0.500. The first-order valence-electron chi connectivity index (χ1n) is 12.6. The van der Waals surface area contributed by atoms with Gasteiger partial charge in [0.2, 0.25) is 5.91 Å². The highest BCUT2D eigenvalue weighted by molar-refractivity contribution is 5.93. The van der Waals surface area contributed by atoms with Gasteiger partial charge in [-0.25, -0.2) is 4.79 Å². The molecule has 1 saturated heterocycles. The molecule has 6 heteroatoms. The minimum Gasteiger partial charge on any atom is -0.493 e. The maximum absolute atomic E-state index is 12.8. The topological polar surface area (TPSA) is 67.9 Å². The van der Waals surface area contributed by atoms with Gasteiger partial charge in [-0.3, -0.25) is 4.79 Å². The number of carbonyl (C=O) groups excluding carboxylic acids is 2. The third kappa shape index (κ3) is 6.75. The van der Waals surface area contributed by atoms with E-state index in [-0.39, 0.29) is 18.2 Å². The molecule has 1 aliphatic rings. The second-order valence-corrected chi connectivity index (χ2v) is 8.68. The van der Waals surface area contributed by atoms with Crippen LogP contribution in [0.25, 0.3) is 0 Å². The van der Waals surface area contributed by atoms with Crippen molar-refractivity contribution in [3.63, 3.8) is 0 Å². The minimum absolute atomic E-state index is 0.0414. The second-order valence-electron chi connectivity index (χ2n) is 8.68. The molecule has 0 bridgehead atoms. The van der Waals surface area contributed by atoms with Gasteiger partial charge in [-0.15, -0.1) is 0 Å². The first kappa shape index (κ1) is 25.6. The Balaban J connectivity index is 1.65. The van der Waals surface area contributed by atoms with Crippen molar-refractivity contribution in [1.82, 2.24) is 5.32 Å². The third-order valence-corrected chi connectivity index (χ3v) is 6.32. The number of hydrogen-bond acceptors (Lipinski definition) is 5. The van der Waals surface area contributed by atoms with E-state index < -0.39 is 5.97 Å². The number of benzene rings is 2. The summed E-state index contributed by atoms with van der Waals surface area (Å²) in [6, 6.07) is 13.8. The average molecular weight is 467 g/mol. The number of esters is 1. The highest BCUT2D eigenvalue weighted by Gasteiger charge is 2.20. The first-order valence-corrected chi connectivity index (χ1v) is 12.6. The lowest BCUT2D eigenvalue weighted by molar-refractivity contribution is -0.120. The van der Waals surface area contributed by atoms with Gasteiger partial charge in [0.15, 0.2) is 0 Å². The van der Waals surface area contributed by atoms with Crippen LogP contribution in [0.3, 0.4) is 0 Å². The van der Waals surface area contributed by atoms with Gasteiger partial charge in [0, 0.05) is 31.2 Å². The number of nitrogens with one attached hydrogen (secondary N) is 1. The normalized spacial score (nSPS) is 14.4. The van der Waals surface area contributed by atoms with E-state index in [1.807, 2.05) is 6.92 Å². The van der Waals surface area contributed by atoms with Gasteiger partial charge in [0.1, 0.15) is 11.3 Å². The van der Waals surface area contributed by atoms with Crippen molar-refractivity contribution in [1.29, 1.82) is 0 Å². The summed E-state index contributed by atoms with van der Waals surface area (Å²) in [7, 11) is 0. The molecule has 0 aliphatic carbocycles. The minimum atomic E-state index is -0.417. The number of nitrogens with zero attached hydrogens (tertiary/aromatic N) is 1. The SMILES string of the molecule is CCOC(=O)c1ccc(CC(=O)NCC(CC)c2ccccc2N2CCCCC2)cc1OCC. The predicted octanol–water partition coefficient (Wildman–Crippen LogP) is 5.10. The number of hydrogen-bond donors (Lipinski definition) is 1. The third-order valence-electron chi connectivity index (χ3n) is 6.32. The van der Waals surface area contributed by atoms with E-state index in [0.717, 1.165) is 25.1 Å². The van der Waals surface area contributed by atoms with Crippen LogP contribution in [-0.2, 0) is 16.0 Å². The molecule has 1 amide bonds. The van der Waals surface area contributed by atoms with Crippen molar-refractivity contribution >= 4 is 17.6 Å². The maximum Gasteiger partial charge on any atom is 0.341 e. The summed E-state index contributed by atoms with van der Waals surface area (Å²) < 4.78 is 10.7. The van der Waals surface area contributed by atoms with Crippen molar-refractivity contribution in [2.75, 3.05) is 37.7 Å². The van der Waals surface area contributed by atoms with Crippen LogP contribution in [0.1, 0.15) is 73.9 Å². The molecule has 1 N–H and O–H groups in total. The van der Waals surface area contributed by atoms with E-state index in [4.69, 9.17) is 9.47 Å². The number of carbonyl (C=O) groups is 2.